The molecule has 0 bridgehead atoms. The Labute approximate surface area is 111 Å². The van der Waals surface area contributed by atoms with Gasteiger partial charge in [-0.25, -0.2) is 0 Å². The van der Waals surface area contributed by atoms with Gasteiger partial charge >= 0.3 is 0 Å². The zero-order valence-electron chi connectivity index (χ0n) is 10.4. The summed E-state index contributed by atoms with van der Waals surface area (Å²) in [6.07, 6.45) is 4.20. The first-order valence-corrected chi connectivity index (χ1v) is 6.31. The fourth-order valence-electron chi connectivity index (χ4n) is 2.30. The molecule has 0 spiro atoms. The van der Waals surface area contributed by atoms with Crippen molar-refractivity contribution in [1.82, 2.24) is 15.5 Å². The van der Waals surface area contributed by atoms with Gasteiger partial charge in [0.05, 0.1) is 18.7 Å². The summed E-state index contributed by atoms with van der Waals surface area (Å²) in [5.74, 6) is 0.728. The Morgan fingerprint density at radius 3 is 3.21 bits per heavy atom. The van der Waals surface area contributed by atoms with Crippen LogP contribution in [0.1, 0.15) is 23.5 Å². The molecule has 2 N–H and O–H groups in total. The molecule has 98 valence electrons. The van der Waals surface area contributed by atoms with E-state index in [0.717, 1.165) is 16.9 Å². The number of amides is 1. The normalized spacial score (nSPS) is 17.4. The Hall–Kier alpha value is -2.30. The van der Waals surface area contributed by atoms with Crippen LogP contribution in [0.2, 0.25) is 0 Å². The smallest absolute Gasteiger partial charge is 0.228 e. The summed E-state index contributed by atoms with van der Waals surface area (Å²) in [5.41, 5.74) is 1.94. The van der Waals surface area contributed by atoms with E-state index in [4.69, 9.17) is 4.74 Å². The maximum atomic E-state index is 12.3. The average Bonchev–Trinajstić information content (AvgIpc) is 2.97. The van der Waals surface area contributed by atoms with Crippen LogP contribution < -0.4 is 10.1 Å². The third-order valence-corrected chi connectivity index (χ3v) is 3.30. The number of nitrogens with zero attached hydrogens (tertiary/aromatic N) is 1. The molecule has 3 rings (SSSR count). The largest absolute Gasteiger partial charge is 0.493 e. The van der Waals surface area contributed by atoms with Gasteiger partial charge in [0, 0.05) is 23.9 Å². The van der Waals surface area contributed by atoms with Crippen molar-refractivity contribution in [1.29, 1.82) is 0 Å². The number of hydrogen-bond donors (Lipinski definition) is 2. The predicted molar refractivity (Wildman–Crippen MR) is 69.7 cm³/mol. The summed E-state index contributed by atoms with van der Waals surface area (Å²) in [7, 11) is 0. The molecule has 0 radical (unpaired) electrons. The van der Waals surface area contributed by atoms with Gasteiger partial charge in [0.25, 0.3) is 0 Å². The first kappa shape index (κ1) is 11.8. The number of ether oxygens (including phenoxy) is 1. The van der Waals surface area contributed by atoms with Crippen LogP contribution in [0, 0.1) is 0 Å². The molecule has 1 aliphatic rings. The summed E-state index contributed by atoms with van der Waals surface area (Å²) >= 11 is 0. The Kier molecular flexibility index (Phi) is 3.18. The van der Waals surface area contributed by atoms with Gasteiger partial charge in [0.2, 0.25) is 5.91 Å². The number of benzene rings is 1. The Bertz CT molecular complexity index is 566. The minimum atomic E-state index is -0.128. The zero-order valence-corrected chi connectivity index (χ0v) is 10.4. The van der Waals surface area contributed by atoms with E-state index in [0.29, 0.717) is 19.6 Å². The molecule has 5 heteroatoms. The number of H-pyrrole nitrogens is 1. The lowest BCUT2D eigenvalue weighted by molar-refractivity contribution is -0.123. The molecule has 1 aromatic heterocycles. The summed E-state index contributed by atoms with van der Waals surface area (Å²) in [6.45, 7) is 1.08. The van der Waals surface area contributed by atoms with Crippen molar-refractivity contribution in [2.45, 2.75) is 18.9 Å². The fourth-order valence-corrected chi connectivity index (χ4v) is 2.30. The van der Waals surface area contributed by atoms with Crippen LogP contribution >= 0.6 is 0 Å². The standard InChI is InChI=1S/C14H15N3O2/c18-14(15-7-10-8-16-17-9-10)12-5-6-19-13-4-2-1-3-11(12)13/h1-4,8-9,12H,5-7H2,(H,15,18)(H,16,17). The number of fused-ring (bicyclic) bond motifs is 1. The minimum Gasteiger partial charge on any atom is -0.493 e. The Balaban J connectivity index is 1.71. The first-order valence-electron chi connectivity index (χ1n) is 6.31. The number of carbonyl (C=O) groups is 1. The van der Waals surface area contributed by atoms with Crippen molar-refractivity contribution in [3.05, 3.63) is 47.8 Å². The molecule has 2 aromatic rings. The quantitative estimate of drug-likeness (QED) is 0.877. The van der Waals surface area contributed by atoms with E-state index >= 15 is 0 Å². The second kappa shape index (κ2) is 5.14. The molecule has 0 saturated carbocycles. The number of aromatic nitrogens is 2. The summed E-state index contributed by atoms with van der Waals surface area (Å²) in [6, 6.07) is 7.72. The van der Waals surface area contributed by atoms with Gasteiger partial charge in [-0.15, -0.1) is 0 Å². The van der Waals surface area contributed by atoms with Gasteiger partial charge < -0.3 is 10.1 Å². The van der Waals surface area contributed by atoms with Crippen molar-refractivity contribution in [3.8, 4) is 5.75 Å². The second-order valence-electron chi connectivity index (χ2n) is 4.55. The summed E-state index contributed by atoms with van der Waals surface area (Å²) in [4.78, 5) is 12.3. The predicted octanol–water partition coefficient (Wildman–Crippen LogP) is 1.59. The molecule has 19 heavy (non-hydrogen) atoms. The molecule has 5 nitrogen and oxygen atoms in total. The van der Waals surface area contributed by atoms with Gasteiger partial charge in [-0.3, -0.25) is 9.89 Å². The Morgan fingerprint density at radius 2 is 2.37 bits per heavy atom. The van der Waals surface area contributed by atoms with Crippen LogP contribution in [0.15, 0.2) is 36.7 Å². The van der Waals surface area contributed by atoms with E-state index in [9.17, 15) is 4.79 Å². The van der Waals surface area contributed by atoms with Crippen molar-refractivity contribution in [2.24, 2.45) is 0 Å². The van der Waals surface area contributed by atoms with Crippen LogP contribution in [-0.2, 0) is 11.3 Å². The van der Waals surface area contributed by atoms with E-state index in [1.54, 1.807) is 12.4 Å². The van der Waals surface area contributed by atoms with Crippen molar-refractivity contribution < 1.29 is 9.53 Å². The average molecular weight is 257 g/mol. The van der Waals surface area contributed by atoms with Crippen LogP contribution in [0.3, 0.4) is 0 Å². The van der Waals surface area contributed by atoms with Gasteiger partial charge in [0.15, 0.2) is 0 Å². The van der Waals surface area contributed by atoms with Gasteiger partial charge in [-0.05, 0) is 12.5 Å². The maximum absolute atomic E-state index is 12.3. The maximum Gasteiger partial charge on any atom is 0.228 e. The highest BCUT2D eigenvalue weighted by Gasteiger charge is 2.27. The molecule has 0 saturated heterocycles. The minimum absolute atomic E-state index is 0.0388. The molecule has 1 amide bonds. The second-order valence-corrected chi connectivity index (χ2v) is 4.55. The number of carbonyl (C=O) groups excluding carboxylic acids is 1. The molecule has 1 unspecified atom stereocenters. The molecule has 2 heterocycles. The highest BCUT2D eigenvalue weighted by Crippen LogP contribution is 2.33. The molecule has 0 fully saturated rings. The zero-order chi connectivity index (χ0) is 13.1. The number of nitrogens with one attached hydrogen (secondary N) is 2. The lowest BCUT2D eigenvalue weighted by Crippen LogP contribution is -2.31. The van der Waals surface area contributed by atoms with Crippen LogP contribution in [0.5, 0.6) is 5.75 Å². The lowest BCUT2D eigenvalue weighted by Gasteiger charge is -2.24. The van der Waals surface area contributed by atoms with Gasteiger partial charge in [0.1, 0.15) is 5.75 Å². The van der Waals surface area contributed by atoms with Crippen LogP contribution in [0.25, 0.3) is 0 Å². The number of rotatable bonds is 3. The summed E-state index contributed by atoms with van der Waals surface area (Å²) in [5, 5.41) is 9.52. The lowest BCUT2D eigenvalue weighted by atomic mass is 9.92. The van der Waals surface area contributed by atoms with Crippen molar-refractivity contribution in [2.75, 3.05) is 6.61 Å². The molecule has 1 aromatic carbocycles. The third kappa shape index (κ3) is 2.45. The van der Waals surface area contributed by atoms with Crippen molar-refractivity contribution in [3.63, 3.8) is 0 Å². The van der Waals surface area contributed by atoms with E-state index in [2.05, 4.69) is 15.5 Å². The number of para-hydroxylation sites is 1. The molecule has 1 aliphatic heterocycles. The van der Waals surface area contributed by atoms with E-state index in [1.807, 2.05) is 24.3 Å². The molecule has 0 aliphatic carbocycles. The van der Waals surface area contributed by atoms with Crippen molar-refractivity contribution >= 4 is 5.91 Å². The molecular formula is C14H15N3O2. The molecular weight excluding hydrogens is 242 g/mol. The van der Waals surface area contributed by atoms with Gasteiger partial charge in [-0.1, -0.05) is 18.2 Å². The van der Waals surface area contributed by atoms with Gasteiger partial charge in [-0.2, -0.15) is 5.10 Å². The fraction of sp³-hybridized carbons (Fsp3) is 0.286. The van der Waals surface area contributed by atoms with E-state index in [-0.39, 0.29) is 11.8 Å². The SMILES string of the molecule is O=C(NCc1cn[nH]c1)C1CCOc2ccccc21. The highest BCUT2D eigenvalue weighted by atomic mass is 16.5. The highest BCUT2D eigenvalue weighted by molar-refractivity contribution is 5.84. The Morgan fingerprint density at radius 1 is 1.47 bits per heavy atom. The monoisotopic (exact) mass is 257 g/mol. The molecule has 1 atom stereocenters. The topological polar surface area (TPSA) is 67.0 Å². The number of hydrogen-bond acceptors (Lipinski definition) is 3. The van der Waals surface area contributed by atoms with Crippen LogP contribution in [0.4, 0.5) is 0 Å². The number of aromatic amines is 1. The van der Waals surface area contributed by atoms with E-state index in [1.165, 1.54) is 0 Å². The van der Waals surface area contributed by atoms with E-state index < -0.39 is 0 Å². The summed E-state index contributed by atoms with van der Waals surface area (Å²) < 4.78 is 5.56. The first-order chi connectivity index (χ1) is 9.34. The van der Waals surface area contributed by atoms with Crippen LogP contribution in [-0.4, -0.2) is 22.7 Å². The third-order valence-electron chi connectivity index (χ3n) is 3.30.